The molecule has 0 fully saturated rings. The number of aryl methyl sites for hydroxylation is 1. The molecule has 0 saturated carbocycles. The van der Waals surface area contributed by atoms with E-state index in [-0.39, 0.29) is 6.04 Å². The molecule has 21 heavy (non-hydrogen) atoms. The summed E-state index contributed by atoms with van der Waals surface area (Å²) in [5, 5.41) is 0. The first-order valence-corrected chi connectivity index (χ1v) is 8.18. The Labute approximate surface area is 130 Å². The third-order valence-electron chi connectivity index (χ3n) is 3.70. The van der Waals surface area contributed by atoms with Crippen LogP contribution in [0.25, 0.3) is 0 Å². The van der Waals surface area contributed by atoms with E-state index < -0.39 is 0 Å². The summed E-state index contributed by atoms with van der Waals surface area (Å²) >= 11 is 1.72. The summed E-state index contributed by atoms with van der Waals surface area (Å²) in [6.07, 6.45) is 4.64. The molecule has 1 aromatic carbocycles. The summed E-state index contributed by atoms with van der Waals surface area (Å²) in [7, 11) is 1.70. The molecule has 4 heteroatoms. The molecule has 0 spiro atoms. The van der Waals surface area contributed by atoms with E-state index >= 15 is 0 Å². The van der Waals surface area contributed by atoms with E-state index in [1.54, 1.807) is 18.9 Å². The van der Waals surface area contributed by atoms with Gasteiger partial charge in [0.15, 0.2) is 0 Å². The molecule has 1 unspecified atom stereocenters. The molecule has 2 aromatic rings. The zero-order chi connectivity index (χ0) is 15.4. The van der Waals surface area contributed by atoms with Crippen molar-refractivity contribution >= 4 is 11.8 Å². The van der Waals surface area contributed by atoms with Crippen LogP contribution in [0, 0.1) is 13.8 Å². The summed E-state index contributed by atoms with van der Waals surface area (Å²) in [5.41, 5.74) is 10.7. The van der Waals surface area contributed by atoms with Crippen molar-refractivity contribution < 1.29 is 4.74 Å². The van der Waals surface area contributed by atoms with Gasteiger partial charge in [0.05, 0.1) is 7.11 Å². The maximum Gasteiger partial charge on any atom is 0.128 e. The van der Waals surface area contributed by atoms with Crippen molar-refractivity contribution in [2.75, 3.05) is 13.4 Å². The number of hydrogen-bond donors (Lipinski definition) is 1. The molecule has 112 valence electrons. The van der Waals surface area contributed by atoms with Crippen LogP contribution in [0.2, 0.25) is 0 Å². The maximum absolute atomic E-state index is 6.41. The molecule has 0 amide bonds. The van der Waals surface area contributed by atoms with E-state index in [9.17, 15) is 0 Å². The van der Waals surface area contributed by atoms with Gasteiger partial charge >= 0.3 is 0 Å². The number of rotatable bonds is 5. The molecular weight excluding hydrogens is 280 g/mol. The molecule has 0 bridgehead atoms. The second-order valence-electron chi connectivity index (χ2n) is 5.10. The van der Waals surface area contributed by atoms with Gasteiger partial charge in [0.1, 0.15) is 5.75 Å². The number of methoxy groups -OCH3 is 1. The average molecular weight is 302 g/mol. The van der Waals surface area contributed by atoms with E-state index in [1.807, 2.05) is 32.2 Å². The topological polar surface area (TPSA) is 48.1 Å². The van der Waals surface area contributed by atoms with E-state index in [0.717, 1.165) is 22.6 Å². The molecule has 0 aliphatic rings. The van der Waals surface area contributed by atoms with Crippen molar-refractivity contribution in [2.45, 2.75) is 31.2 Å². The summed E-state index contributed by atoms with van der Waals surface area (Å²) in [6, 6.07) is 8.21. The van der Waals surface area contributed by atoms with Crippen LogP contribution in [0.5, 0.6) is 5.75 Å². The first kappa shape index (κ1) is 15.9. The number of ether oxygens (including phenoxy) is 1. The van der Waals surface area contributed by atoms with Crippen LogP contribution in [0.3, 0.4) is 0 Å². The second kappa shape index (κ2) is 6.96. The predicted molar refractivity (Wildman–Crippen MR) is 89.1 cm³/mol. The van der Waals surface area contributed by atoms with E-state index in [4.69, 9.17) is 10.5 Å². The largest absolute Gasteiger partial charge is 0.496 e. The lowest BCUT2D eigenvalue weighted by atomic mass is 9.99. The Morgan fingerprint density at radius 3 is 2.67 bits per heavy atom. The van der Waals surface area contributed by atoms with Crippen molar-refractivity contribution in [3.8, 4) is 5.75 Å². The van der Waals surface area contributed by atoms with Crippen LogP contribution >= 0.6 is 11.8 Å². The summed E-state index contributed by atoms with van der Waals surface area (Å²) in [4.78, 5) is 5.76. The third-order valence-corrected chi connectivity index (χ3v) is 4.51. The first-order valence-electron chi connectivity index (χ1n) is 6.96. The minimum Gasteiger partial charge on any atom is -0.496 e. The fraction of sp³-hybridized carbons (Fsp3) is 0.353. The maximum atomic E-state index is 6.41. The number of nitrogens with zero attached hydrogens (tertiary/aromatic N) is 1. The van der Waals surface area contributed by atoms with Gasteiger partial charge in [0.25, 0.3) is 0 Å². The van der Waals surface area contributed by atoms with Gasteiger partial charge in [-0.2, -0.15) is 0 Å². The standard InChI is InChI=1S/C17H22N2OS/c1-11-10-19-15(12(2)17(11)20-3)9-14(18)13-7-5-6-8-16(13)21-4/h5-8,10,14H,9,18H2,1-4H3. The van der Waals surface area contributed by atoms with Gasteiger partial charge in [0, 0.05) is 40.4 Å². The fourth-order valence-electron chi connectivity index (χ4n) is 2.57. The lowest BCUT2D eigenvalue weighted by molar-refractivity contribution is 0.406. The lowest BCUT2D eigenvalue weighted by Gasteiger charge is -2.18. The fourth-order valence-corrected chi connectivity index (χ4v) is 3.24. The van der Waals surface area contributed by atoms with Gasteiger partial charge in [-0.25, -0.2) is 0 Å². The number of aromatic nitrogens is 1. The highest BCUT2D eigenvalue weighted by atomic mass is 32.2. The van der Waals surface area contributed by atoms with Gasteiger partial charge in [-0.1, -0.05) is 18.2 Å². The highest BCUT2D eigenvalue weighted by molar-refractivity contribution is 7.98. The SMILES string of the molecule is COc1c(C)cnc(CC(N)c2ccccc2SC)c1C. The molecule has 2 N–H and O–H groups in total. The highest BCUT2D eigenvalue weighted by Crippen LogP contribution is 2.29. The molecule has 0 aliphatic carbocycles. The predicted octanol–water partition coefficient (Wildman–Crippen LogP) is 3.67. The van der Waals surface area contributed by atoms with E-state index in [1.165, 1.54) is 10.5 Å². The molecule has 3 nitrogen and oxygen atoms in total. The zero-order valence-corrected chi connectivity index (χ0v) is 13.8. The van der Waals surface area contributed by atoms with Crippen molar-refractivity contribution in [2.24, 2.45) is 5.73 Å². The summed E-state index contributed by atoms with van der Waals surface area (Å²) in [6.45, 7) is 4.05. The van der Waals surface area contributed by atoms with Crippen molar-refractivity contribution in [1.29, 1.82) is 0 Å². The molecule has 1 atom stereocenters. The summed E-state index contributed by atoms with van der Waals surface area (Å²) in [5.74, 6) is 0.908. The Morgan fingerprint density at radius 2 is 2.00 bits per heavy atom. The monoisotopic (exact) mass is 302 g/mol. The summed E-state index contributed by atoms with van der Waals surface area (Å²) < 4.78 is 5.46. The van der Waals surface area contributed by atoms with E-state index in [2.05, 4.69) is 23.4 Å². The van der Waals surface area contributed by atoms with Gasteiger partial charge in [0.2, 0.25) is 0 Å². The number of nitrogens with two attached hydrogens (primary N) is 1. The average Bonchev–Trinajstić information content (AvgIpc) is 2.50. The number of pyridine rings is 1. The smallest absolute Gasteiger partial charge is 0.128 e. The Hall–Kier alpha value is -1.52. The highest BCUT2D eigenvalue weighted by Gasteiger charge is 2.15. The molecule has 1 aromatic heterocycles. The quantitative estimate of drug-likeness (QED) is 0.856. The minimum atomic E-state index is -0.0627. The van der Waals surface area contributed by atoms with Gasteiger partial charge in [-0.05, 0) is 31.7 Å². The van der Waals surface area contributed by atoms with Crippen molar-refractivity contribution in [1.82, 2.24) is 4.98 Å². The van der Waals surface area contributed by atoms with E-state index in [0.29, 0.717) is 6.42 Å². The second-order valence-corrected chi connectivity index (χ2v) is 5.95. The molecular formula is C17H22N2OS. The Morgan fingerprint density at radius 1 is 1.29 bits per heavy atom. The Bertz CT molecular complexity index is 628. The van der Waals surface area contributed by atoms with Crippen molar-refractivity contribution in [3.05, 3.63) is 52.8 Å². The normalized spacial score (nSPS) is 12.2. The van der Waals surface area contributed by atoms with Gasteiger partial charge < -0.3 is 10.5 Å². The molecule has 0 radical (unpaired) electrons. The first-order chi connectivity index (χ1) is 10.1. The Balaban J connectivity index is 2.30. The molecule has 1 heterocycles. The lowest BCUT2D eigenvalue weighted by Crippen LogP contribution is -2.16. The molecule has 0 saturated heterocycles. The zero-order valence-electron chi connectivity index (χ0n) is 13.0. The number of hydrogen-bond acceptors (Lipinski definition) is 4. The van der Waals surface area contributed by atoms with Crippen LogP contribution < -0.4 is 10.5 Å². The molecule has 0 aliphatic heterocycles. The van der Waals surface area contributed by atoms with Crippen LogP contribution in [-0.4, -0.2) is 18.3 Å². The van der Waals surface area contributed by atoms with Crippen molar-refractivity contribution in [3.63, 3.8) is 0 Å². The molecule has 2 rings (SSSR count). The van der Waals surface area contributed by atoms with Crippen LogP contribution in [0.4, 0.5) is 0 Å². The van der Waals surface area contributed by atoms with Gasteiger partial charge in [-0.3, -0.25) is 4.98 Å². The minimum absolute atomic E-state index is 0.0627. The van der Waals surface area contributed by atoms with Crippen LogP contribution in [-0.2, 0) is 6.42 Å². The number of benzene rings is 1. The van der Waals surface area contributed by atoms with Gasteiger partial charge in [-0.15, -0.1) is 11.8 Å². The number of thioether (sulfide) groups is 1. The third kappa shape index (κ3) is 3.39. The Kier molecular flexibility index (Phi) is 5.26. The van der Waals surface area contributed by atoms with Crippen LogP contribution in [0.15, 0.2) is 35.4 Å². The van der Waals surface area contributed by atoms with Crippen LogP contribution in [0.1, 0.15) is 28.4 Å².